The largest absolute Gasteiger partial charge is 0.492 e. The fraction of sp³-hybridized carbons (Fsp3) is 0.385. The lowest BCUT2D eigenvalue weighted by Gasteiger charge is -2.36. The Labute approximate surface area is 193 Å². The van der Waals surface area contributed by atoms with Crippen molar-refractivity contribution in [3.63, 3.8) is 0 Å². The molecule has 5 rings (SSSR count). The quantitative estimate of drug-likeness (QED) is 0.600. The van der Waals surface area contributed by atoms with Crippen molar-refractivity contribution in [2.24, 2.45) is 0 Å². The SMILES string of the molecule is CC(COc1ccc(-n2nc3c(cc2=O)CCc2ccc(F)cc2-3)cc1)N1CCN(C)CC1. The van der Waals surface area contributed by atoms with E-state index in [-0.39, 0.29) is 11.4 Å². The molecule has 2 heterocycles. The molecule has 1 fully saturated rings. The number of hydrogen-bond acceptors (Lipinski definition) is 5. The molecule has 0 N–H and O–H groups in total. The van der Waals surface area contributed by atoms with Crippen LogP contribution in [0.4, 0.5) is 4.39 Å². The first-order valence-electron chi connectivity index (χ1n) is 11.6. The number of aromatic nitrogens is 2. The summed E-state index contributed by atoms with van der Waals surface area (Å²) in [6, 6.07) is 14.2. The molecule has 2 aromatic carbocycles. The molecule has 1 aliphatic carbocycles. The van der Waals surface area contributed by atoms with Gasteiger partial charge in [-0.1, -0.05) is 6.07 Å². The van der Waals surface area contributed by atoms with E-state index in [9.17, 15) is 9.18 Å². The average molecular weight is 449 g/mol. The number of piperazine rings is 1. The molecule has 1 saturated heterocycles. The highest BCUT2D eigenvalue weighted by molar-refractivity contribution is 5.69. The van der Waals surface area contributed by atoms with Crippen LogP contribution in [0, 0.1) is 5.82 Å². The van der Waals surface area contributed by atoms with E-state index in [0.717, 1.165) is 61.5 Å². The maximum Gasteiger partial charge on any atom is 0.271 e. The smallest absolute Gasteiger partial charge is 0.271 e. The van der Waals surface area contributed by atoms with Gasteiger partial charge in [-0.3, -0.25) is 9.69 Å². The highest BCUT2D eigenvalue weighted by atomic mass is 19.1. The fourth-order valence-corrected chi connectivity index (χ4v) is 4.62. The fourth-order valence-electron chi connectivity index (χ4n) is 4.62. The van der Waals surface area contributed by atoms with Gasteiger partial charge in [-0.15, -0.1) is 0 Å². The lowest BCUT2D eigenvalue weighted by molar-refractivity contribution is 0.0904. The number of hydrogen-bond donors (Lipinski definition) is 0. The van der Waals surface area contributed by atoms with Gasteiger partial charge in [-0.05, 0) is 74.3 Å². The van der Waals surface area contributed by atoms with Crippen LogP contribution in [0.1, 0.15) is 18.1 Å². The van der Waals surface area contributed by atoms with E-state index in [1.807, 2.05) is 24.3 Å². The predicted molar refractivity (Wildman–Crippen MR) is 127 cm³/mol. The van der Waals surface area contributed by atoms with Crippen LogP contribution in [0.15, 0.2) is 53.3 Å². The van der Waals surface area contributed by atoms with Gasteiger partial charge in [0.05, 0.1) is 11.4 Å². The first-order chi connectivity index (χ1) is 16.0. The molecule has 33 heavy (non-hydrogen) atoms. The average Bonchev–Trinajstić information content (AvgIpc) is 2.83. The van der Waals surface area contributed by atoms with E-state index in [1.54, 1.807) is 12.1 Å². The molecule has 0 saturated carbocycles. The van der Waals surface area contributed by atoms with Gasteiger partial charge in [-0.2, -0.15) is 9.78 Å². The van der Waals surface area contributed by atoms with E-state index >= 15 is 0 Å². The Kier molecular flexibility index (Phi) is 6.00. The maximum atomic E-state index is 13.9. The molecular formula is C26H29FN4O2. The third-order valence-electron chi connectivity index (χ3n) is 6.74. The summed E-state index contributed by atoms with van der Waals surface area (Å²) < 4.78 is 21.3. The first-order valence-corrected chi connectivity index (χ1v) is 11.6. The standard InChI is InChI=1S/C26H29FN4O2/c1-18(30-13-11-29(2)12-14-30)17-33-23-9-7-22(8-10-23)31-25(32)15-20-4-3-19-5-6-21(27)16-24(19)26(20)28-31/h5-10,15-16,18H,3-4,11-14,17H2,1-2H3. The summed E-state index contributed by atoms with van der Waals surface area (Å²) in [4.78, 5) is 17.5. The van der Waals surface area contributed by atoms with E-state index < -0.39 is 0 Å². The van der Waals surface area contributed by atoms with Crippen LogP contribution in [0.3, 0.4) is 0 Å². The van der Waals surface area contributed by atoms with Crippen molar-refractivity contribution in [1.82, 2.24) is 19.6 Å². The molecule has 172 valence electrons. The van der Waals surface area contributed by atoms with Crippen molar-refractivity contribution in [2.75, 3.05) is 39.8 Å². The van der Waals surface area contributed by atoms with Crippen molar-refractivity contribution >= 4 is 0 Å². The van der Waals surface area contributed by atoms with E-state index in [1.165, 1.54) is 16.8 Å². The first kappa shape index (κ1) is 21.8. The molecule has 7 heteroatoms. The molecule has 0 spiro atoms. The molecule has 1 atom stereocenters. The van der Waals surface area contributed by atoms with Crippen LogP contribution >= 0.6 is 0 Å². The number of halogens is 1. The summed E-state index contributed by atoms with van der Waals surface area (Å²) in [5.41, 5.74) is 3.84. The molecule has 0 radical (unpaired) electrons. The zero-order chi connectivity index (χ0) is 22.9. The number of benzene rings is 2. The van der Waals surface area contributed by atoms with Gasteiger partial charge in [0.2, 0.25) is 0 Å². The maximum absolute atomic E-state index is 13.9. The normalized spacial score (nSPS) is 17.3. The van der Waals surface area contributed by atoms with E-state index in [0.29, 0.717) is 24.0 Å². The van der Waals surface area contributed by atoms with Crippen LogP contribution < -0.4 is 10.3 Å². The Balaban J connectivity index is 1.32. The van der Waals surface area contributed by atoms with Crippen molar-refractivity contribution < 1.29 is 9.13 Å². The van der Waals surface area contributed by atoms with E-state index in [4.69, 9.17) is 4.74 Å². The third kappa shape index (κ3) is 4.56. The summed E-state index contributed by atoms with van der Waals surface area (Å²) >= 11 is 0. The van der Waals surface area contributed by atoms with Gasteiger partial charge in [0.1, 0.15) is 18.2 Å². The van der Waals surface area contributed by atoms with Crippen LogP contribution in [-0.4, -0.2) is 65.5 Å². The van der Waals surface area contributed by atoms with Crippen molar-refractivity contribution in [3.05, 3.63) is 75.8 Å². The van der Waals surface area contributed by atoms with Crippen LogP contribution in [0.5, 0.6) is 5.75 Å². The number of nitrogens with zero attached hydrogens (tertiary/aromatic N) is 4. The number of likely N-dealkylation sites (N-methyl/N-ethyl adjacent to an activating group) is 1. The summed E-state index contributed by atoms with van der Waals surface area (Å²) in [5.74, 6) is 0.464. The van der Waals surface area contributed by atoms with E-state index in [2.05, 4.69) is 28.9 Å². The van der Waals surface area contributed by atoms with Gasteiger partial charge < -0.3 is 9.64 Å². The van der Waals surface area contributed by atoms with Crippen LogP contribution in [0.25, 0.3) is 16.9 Å². The predicted octanol–water partition coefficient (Wildman–Crippen LogP) is 3.15. The van der Waals surface area contributed by atoms with Crippen molar-refractivity contribution in [3.8, 4) is 22.7 Å². The van der Waals surface area contributed by atoms with Gasteiger partial charge >= 0.3 is 0 Å². The second-order valence-corrected chi connectivity index (χ2v) is 9.06. The van der Waals surface area contributed by atoms with Crippen molar-refractivity contribution in [2.45, 2.75) is 25.8 Å². The zero-order valence-corrected chi connectivity index (χ0v) is 19.1. The zero-order valence-electron chi connectivity index (χ0n) is 19.1. The molecule has 1 aromatic heterocycles. The monoisotopic (exact) mass is 448 g/mol. The topological polar surface area (TPSA) is 50.6 Å². The molecule has 6 nitrogen and oxygen atoms in total. The minimum Gasteiger partial charge on any atom is -0.492 e. The van der Waals surface area contributed by atoms with Crippen molar-refractivity contribution in [1.29, 1.82) is 0 Å². The van der Waals surface area contributed by atoms with Crippen LogP contribution in [0.2, 0.25) is 0 Å². The summed E-state index contributed by atoms with van der Waals surface area (Å²) in [6.45, 7) is 7.08. The van der Waals surface area contributed by atoms with Gasteiger partial charge in [0.25, 0.3) is 5.56 Å². The number of aryl methyl sites for hydroxylation is 2. The second kappa shape index (κ2) is 9.08. The Bertz CT molecular complexity index is 1200. The Morgan fingerprint density at radius 2 is 1.73 bits per heavy atom. The highest BCUT2D eigenvalue weighted by Crippen LogP contribution is 2.31. The molecule has 0 bridgehead atoms. The third-order valence-corrected chi connectivity index (χ3v) is 6.74. The Morgan fingerprint density at radius 1 is 1.00 bits per heavy atom. The summed E-state index contributed by atoms with van der Waals surface area (Å²) in [5, 5.41) is 4.62. The molecule has 3 aromatic rings. The molecule has 1 unspecified atom stereocenters. The molecular weight excluding hydrogens is 419 g/mol. The van der Waals surface area contributed by atoms with Gasteiger partial charge in [-0.25, -0.2) is 4.39 Å². The minimum atomic E-state index is -0.298. The summed E-state index contributed by atoms with van der Waals surface area (Å²) in [6.07, 6.45) is 1.52. The van der Waals surface area contributed by atoms with Gasteiger partial charge in [0.15, 0.2) is 0 Å². The lowest BCUT2D eigenvalue weighted by atomic mass is 9.89. The van der Waals surface area contributed by atoms with Crippen LogP contribution in [-0.2, 0) is 12.8 Å². The number of rotatable bonds is 5. The summed E-state index contributed by atoms with van der Waals surface area (Å²) in [7, 11) is 2.15. The Hall–Kier alpha value is -3.03. The number of fused-ring (bicyclic) bond motifs is 3. The lowest BCUT2D eigenvalue weighted by Crippen LogP contribution is -2.49. The minimum absolute atomic E-state index is 0.189. The number of ether oxygens (including phenoxy) is 1. The molecule has 0 amide bonds. The van der Waals surface area contributed by atoms with Gasteiger partial charge in [0, 0.05) is 43.9 Å². The highest BCUT2D eigenvalue weighted by Gasteiger charge is 2.21. The Morgan fingerprint density at radius 3 is 2.48 bits per heavy atom. The molecule has 1 aliphatic heterocycles. The second-order valence-electron chi connectivity index (χ2n) is 9.06. The molecule has 2 aliphatic rings.